The third-order valence-electron chi connectivity index (χ3n) is 2.76. The molecule has 0 fully saturated rings. The average molecular weight is 284 g/mol. The van der Waals surface area contributed by atoms with Gasteiger partial charge >= 0.3 is 57.4 Å². The molecule has 92 valence electrons. The first kappa shape index (κ1) is 14.5. The van der Waals surface area contributed by atoms with E-state index in [1.54, 1.807) is 24.3 Å². The molecule has 1 aromatic carbocycles. The molecule has 2 aromatic rings. The van der Waals surface area contributed by atoms with Crippen LogP contribution < -0.4 is 61.6 Å². The Morgan fingerprint density at radius 1 is 1.32 bits per heavy atom. The summed E-state index contributed by atoms with van der Waals surface area (Å²) < 4.78 is 10.7. The van der Waals surface area contributed by atoms with Crippen molar-refractivity contribution < 1.29 is 71.9 Å². The van der Waals surface area contributed by atoms with Crippen LogP contribution in [0.1, 0.15) is 17.5 Å². The van der Waals surface area contributed by atoms with Gasteiger partial charge in [-0.05, 0) is 12.1 Å². The molecule has 0 spiro atoms. The molecule has 2 heterocycles. The number of fused-ring (bicyclic) bond motifs is 3. The minimum atomic E-state index is -1.26. The second kappa shape index (κ2) is 5.60. The quantitative estimate of drug-likeness (QED) is 0.681. The van der Waals surface area contributed by atoms with Crippen LogP contribution in [0.25, 0.3) is 11.3 Å². The molecule has 1 aromatic heterocycles. The van der Waals surface area contributed by atoms with Crippen LogP contribution in [0, 0.1) is 0 Å². The predicted molar refractivity (Wildman–Crippen MR) is 62.8 cm³/mol. The van der Waals surface area contributed by atoms with E-state index in [9.17, 15) is 9.59 Å². The number of ether oxygens (including phenoxy) is 1. The molecule has 0 amide bonds. The minimum absolute atomic E-state index is 0. The van der Waals surface area contributed by atoms with E-state index in [0.29, 0.717) is 16.9 Å². The monoisotopic (exact) mass is 284 g/mol. The van der Waals surface area contributed by atoms with Crippen LogP contribution in [0.4, 0.5) is 0 Å². The summed E-state index contributed by atoms with van der Waals surface area (Å²) >= 11 is 0. The summed E-state index contributed by atoms with van der Waals surface area (Å²) in [5.41, 5.74) is 0.556. The van der Waals surface area contributed by atoms with E-state index in [1.165, 1.54) is 0 Å². The van der Waals surface area contributed by atoms with Gasteiger partial charge < -0.3 is 15.7 Å². The molecule has 0 saturated carbocycles. The fraction of sp³-hybridized carbons (Fsp3) is 0.0769. The Kier molecular flexibility index (Phi) is 4.27. The van der Waals surface area contributed by atoms with Crippen LogP contribution in [-0.4, -0.2) is 11.1 Å². The van der Waals surface area contributed by atoms with Crippen molar-refractivity contribution in [2.45, 2.75) is 6.61 Å². The standard InChI is InChI=1S/C13H8O5.K.H/c14-9-5-11(13(15)16)18-12-7-3-1-2-4-10(7)17-6-8(9)12;;/h1-5H,6H2,(H,15,16);;/q;+1;-1. The van der Waals surface area contributed by atoms with E-state index in [1.807, 2.05) is 0 Å². The van der Waals surface area contributed by atoms with Gasteiger partial charge in [-0.15, -0.1) is 0 Å². The van der Waals surface area contributed by atoms with Gasteiger partial charge in [-0.3, -0.25) is 4.79 Å². The zero-order valence-electron chi connectivity index (χ0n) is 11.2. The van der Waals surface area contributed by atoms with E-state index < -0.39 is 5.97 Å². The summed E-state index contributed by atoms with van der Waals surface area (Å²) in [6, 6.07) is 8.00. The fourth-order valence-corrected chi connectivity index (χ4v) is 1.91. The van der Waals surface area contributed by atoms with Crippen molar-refractivity contribution in [1.29, 1.82) is 0 Å². The molecule has 0 saturated heterocycles. The number of carbonyl (C=O) groups is 1. The Morgan fingerprint density at radius 2 is 2.05 bits per heavy atom. The number of hydrogen-bond donors (Lipinski definition) is 1. The third kappa shape index (κ3) is 2.54. The smallest absolute Gasteiger partial charge is 1.00 e. The summed E-state index contributed by atoms with van der Waals surface area (Å²) in [5, 5.41) is 8.89. The maximum Gasteiger partial charge on any atom is 1.00 e. The van der Waals surface area contributed by atoms with Gasteiger partial charge in [0.2, 0.25) is 5.76 Å². The van der Waals surface area contributed by atoms with E-state index >= 15 is 0 Å². The molecule has 5 nitrogen and oxygen atoms in total. The van der Waals surface area contributed by atoms with Crippen molar-refractivity contribution in [1.82, 2.24) is 0 Å². The molecule has 3 rings (SSSR count). The number of carboxylic acids is 1. The first-order valence-corrected chi connectivity index (χ1v) is 5.29. The number of aromatic carboxylic acids is 1. The molecule has 0 aliphatic carbocycles. The van der Waals surface area contributed by atoms with Crippen molar-refractivity contribution >= 4 is 5.97 Å². The molecule has 0 radical (unpaired) electrons. The molecule has 1 N–H and O–H groups in total. The van der Waals surface area contributed by atoms with Crippen LogP contribution in [0.5, 0.6) is 5.75 Å². The van der Waals surface area contributed by atoms with Gasteiger partial charge in [0.15, 0.2) is 5.43 Å². The van der Waals surface area contributed by atoms with Gasteiger partial charge in [0, 0.05) is 6.07 Å². The molecule has 0 unspecified atom stereocenters. The van der Waals surface area contributed by atoms with Gasteiger partial charge in [0.25, 0.3) is 0 Å². The van der Waals surface area contributed by atoms with Gasteiger partial charge in [-0.25, -0.2) is 4.79 Å². The van der Waals surface area contributed by atoms with Gasteiger partial charge in [0.05, 0.1) is 11.1 Å². The Hall–Kier alpha value is -0.924. The molecule has 1 aliphatic rings. The number of carboxylic acid groups (broad SMARTS) is 1. The van der Waals surface area contributed by atoms with Crippen molar-refractivity contribution in [3.63, 3.8) is 0 Å². The van der Waals surface area contributed by atoms with E-state index in [0.717, 1.165) is 6.07 Å². The minimum Gasteiger partial charge on any atom is -1.00 e. The van der Waals surface area contributed by atoms with E-state index in [-0.39, 0.29) is 76.4 Å². The molecule has 1 aliphatic heterocycles. The van der Waals surface area contributed by atoms with Crippen molar-refractivity contribution in [3.05, 3.63) is 51.9 Å². The number of benzene rings is 1. The van der Waals surface area contributed by atoms with Crippen LogP contribution in [0.2, 0.25) is 0 Å². The zero-order valence-corrected chi connectivity index (χ0v) is 13.3. The topological polar surface area (TPSA) is 76.7 Å². The fourth-order valence-electron chi connectivity index (χ4n) is 1.91. The average Bonchev–Trinajstić information content (AvgIpc) is 2.38. The number of hydrogen-bond acceptors (Lipinski definition) is 4. The van der Waals surface area contributed by atoms with E-state index in [4.69, 9.17) is 14.3 Å². The van der Waals surface area contributed by atoms with Gasteiger partial charge in [0.1, 0.15) is 18.1 Å². The molecular weight excluding hydrogens is 275 g/mol. The van der Waals surface area contributed by atoms with Crippen LogP contribution >= 0.6 is 0 Å². The molecule has 6 heteroatoms. The van der Waals surface area contributed by atoms with Crippen molar-refractivity contribution in [3.8, 4) is 17.1 Å². The number of para-hydroxylation sites is 1. The van der Waals surface area contributed by atoms with Crippen molar-refractivity contribution in [2.24, 2.45) is 0 Å². The van der Waals surface area contributed by atoms with E-state index in [2.05, 4.69) is 0 Å². The summed E-state index contributed by atoms with van der Waals surface area (Å²) in [4.78, 5) is 22.7. The van der Waals surface area contributed by atoms with Gasteiger partial charge in [-0.2, -0.15) is 0 Å². The Bertz CT molecular complexity index is 710. The maximum atomic E-state index is 11.8. The molecule has 0 bridgehead atoms. The molecular formula is C13H9KO5. The zero-order chi connectivity index (χ0) is 12.7. The number of rotatable bonds is 1. The Morgan fingerprint density at radius 3 is 2.79 bits per heavy atom. The first-order valence-electron chi connectivity index (χ1n) is 5.29. The Balaban J connectivity index is 0.000001000. The summed E-state index contributed by atoms with van der Waals surface area (Å²) in [7, 11) is 0. The maximum absolute atomic E-state index is 11.8. The summed E-state index contributed by atoms with van der Waals surface area (Å²) in [6.45, 7) is 0.0918. The van der Waals surface area contributed by atoms with Crippen LogP contribution in [-0.2, 0) is 6.61 Å². The SMILES string of the molecule is O=C(O)c1cc(=O)c2c(o1)-c1ccccc1OC2.[H-].[K+]. The van der Waals surface area contributed by atoms with Crippen molar-refractivity contribution in [2.75, 3.05) is 0 Å². The summed E-state index contributed by atoms with van der Waals surface area (Å²) in [5.74, 6) is -0.772. The predicted octanol–water partition coefficient (Wildman–Crippen LogP) is -0.986. The third-order valence-corrected chi connectivity index (χ3v) is 2.76. The largest absolute Gasteiger partial charge is 1.00 e. The van der Waals surface area contributed by atoms with Crippen LogP contribution in [0.3, 0.4) is 0 Å². The van der Waals surface area contributed by atoms with Crippen LogP contribution in [0.15, 0.2) is 39.5 Å². The molecule has 19 heavy (non-hydrogen) atoms. The summed E-state index contributed by atoms with van der Waals surface area (Å²) in [6.07, 6.45) is 0. The Labute approximate surface area is 152 Å². The normalized spacial score (nSPS) is 11.6. The first-order chi connectivity index (χ1) is 8.66. The molecule has 0 atom stereocenters. The second-order valence-corrected chi connectivity index (χ2v) is 3.87. The second-order valence-electron chi connectivity index (χ2n) is 3.87. The van der Waals surface area contributed by atoms with Gasteiger partial charge in [-0.1, -0.05) is 12.1 Å².